The van der Waals surface area contributed by atoms with E-state index in [0.29, 0.717) is 22.9 Å². The van der Waals surface area contributed by atoms with Gasteiger partial charge >= 0.3 is 0 Å². The second-order valence-corrected chi connectivity index (χ2v) is 14.2. The molecule has 1 saturated carbocycles. The smallest absolute Gasteiger partial charge is 0.276 e. The molecule has 1 aliphatic carbocycles. The van der Waals surface area contributed by atoms with Gasteiger partial charge in [0, 0.05) is 23.7 Å². The predicted molar refractivity (Wildman–Crippen MR) is 176 cm³/mol. The number of ether oxygens (including phenoxy) is 3. The number of nitrogens with zero attached hydrogens (tertiary/aromatic N) is 3. The molecule has 48 heavy (non-hydrogen) atoms. The highest BCUT2D eigenvalue weighted by Gasteiger charge is 2.59. The zero-order valence-corrected chi connectivity index (χ0v) is 28.1. The zero-order valence-electron chi connectivity index (χ0n) is 27.2. The zero-order chi connectivity index (χ0) is 34.1. The average molecular weight is 674 g/mol. The highest BCUT2D eigenvalue weighted by atomic mass is 32.2. The van der Waals surface area contributed by atoms with Crippen LogP contribution in [-0.2, 0) is 25.2 Å². The van der Waals surface area contributed by atoms with Gasteiger partial charge in [0.1, 0.15) is 16.4 Å². The largest absolute Gasteiger partial charge is 0.497 e. The molecule has 3 aliphatic rings. The number of carbonyl (C=O) groups excluding carboxylic acids is 2. The van der Waals surface area contributed by atoms with Crippen LogP contribution in [0.25, 0.3) is 0 Å². The summed E-state index contributed by atoms with van der Waals surface area (Å²) in [5.74, 6) is -1.37. The van der Waals surface area contributed by atoms with Gasteiger partial charge < -0.3 is 24.8 Å². The molecule has 3 heterocycles. The topological polar surface area (TPSA) is 160 Å². The monoisotopic (exact) mass is 673 g/mol. The summed E-state index contributed by atoms with van der Waals surface area (Å²) in [5, 5.41) is 16.4. The van der Waals surface area contributed by atoms with E-state index in [1.54, 1.807) is 19.1 Å². The van der Waals surface area contributed by atoms with Gasteiger partial charge in [-0.25, -0.2) is 13.4 Å². The summed E-state index contributed by atoms with van der Waals surface area (Å²) in [6, 6.07) is 13.7. The predicted octanol–water partition coefficient (Wildman–Crippen LogP) is 4.02. The van der Waals surface area contributed by atoms with Crippen molar-refractivity contribution >= 4 is 27.5 Å². The third-order valence-electron chi connectivity index (χ3n) is 9.99. The summed E-state index contributed by atoms with van der Waals surface area (Å²) in [6.07, 6.45) is 6.66. The molecule has 6 rings (SSSR count). The molecule has 2 amide bonds. The lowest BCUT2D eigenvalue weighted by Crippen LogP contribution is -2.56. The molecule has 13 heteroatoms. The lowest BCUT2D eigenvalue weighted by Gasteiger charge is -2.43. The Bertz CT molecular complexity index is 1880. The molecular formula is C35H39N5O7S. The fourth-order valence-electron chi connectivity index (χ4n) is 7.40. The van der Waals surface area contributed by atoms with E-state index >= 15 is 4.79 Å². The molecule has 0 unspecified atom stereocenters. The fraction of sp³-hybridized carbons (Fsp3) is 0.429. The molecule has 0 radical (unpaired) electrons. The number of benzene rings is 2. The average Bonchev–Trinajstić information content (AvgIpc) is 3.36. The first-order valence-corrected chi connectivity index (χ1v) is 17.6. The molecule has 2 fully saturated rings. The van der Waals surface area contributed by atoms with Crippen LogP contribution in [0.1, 0.15) is 62.1 Å². The van der Waals surface area contributed by atoms with Gasteiger partial charge in [-0.1, -0.05) is 0 Å². The number of hydrogen-bond donors (Lipinski definition) is 2. The summed E-state index contributed by atoms with van der Waals surface area (Å²) in [5.41, 5.74) is -1.45. The Labute approximate surface area is 280 Å². The molecule has 1 aromatic heterocycles. The molecule has 2 N–H and O–H groups in total. The van der Waals surface area contributed by atoms with Crippen molar-refractivity contribution in [2.24, 2.45) is 11.3 Å². The summed E-state index contributed by atoms with van der Waals surface area (Å²) >= 11 is 0. The first kappa shape index (κ1) is 33.2. The summed E-state index contributed by atoms with van der Waals surface area (Å²) < 4.78 is 46.4. The SMILES string of the molecule is CCOc1ncccc1[C@@]1(NC(=O)C2CCC3(CCNCC3)CC2)C(=O)N(S(=O)(=O)c2ccc(OC)cc2OC)c2ccc(C#N)cc21. The number of fused-ring (bicyclic) bond motifs is 1. The number of rotatable bonds is 9. The number of piperidine rings is 1. The minimum absolute atomic E-state index is 0.0132. The van der Waals surface area contributed by atoms with E-state index in [2.05, 4.69) is 21.7 Å². The number of nitrogens with one attached hydrogen (secondary N) is 2. The van der Waals surface area contributed by atoms with E-state index in [1.807, 2.05) is 0 Å². The molecule has 2 aromatic carbocycles. The number of anilines is 1. The number of pyridine rings is 1. The van der Waals surface area contributed by atoms with Crippen molar-refractivity contribution in [2.45, 2.75) is 55.9 Å². The highest BCUT2D eigenvalue weighted by molar-refractivity contribution is 7.93. The van der Waals surface area contributed by atoms with Crippen LogP contribution in [0, 0.1) is 22.7 Å². The quantitative estimate of drug-likeness (QED) is 0.340. The molecule has 1 spiro atoms. The van der Waals surface area contributed by atoms with E-state index in [-0.39, 0.29) is 56.8 Å². The minimum atomic E-state index is -4.67. The van der Waals surface area contributed by atoms with Gasteiger partial charge in [0.2, 0.25) is 11.8 Å². The van der Waals surface area contributed by atoms with Crippen molar-refractivity contribution in [1.82, 2.24) is 15.6 Å². The maximum atomic E-state index is 15.1. The standard InChI is InChI=1S/C35H39N5O7S/c1-4-47-32-26(6-5-17-38-32)35(39-31(41)24-11-13-34(14-12-24)15-18-37-19-16-34)27-20-23(22-36)7-9-28(27)40(33(35)42)48(43,44)30-10-8-25(45-2)21-29(30)46-3/h5-10,17,20-21,24,37H,4,11-16,18-19H2,1-3H3,(H,39,41)/t35-/m0/s1. The first-order chi connectivity index (χ1) is 23.1. The molecule has 252 valence electrons. The Morgan fingerprint density at radius 1 is 1.06 bits per heavy atom. The summed E-state index contributed by atoms with van der Waals surface area (Å²) in [6.45, 7) is 3.86. The Balaban J connectivity index is 1.51. The number of sulfonamides is 1. The van der Waals surface area contributed by atoms with Crippen LogP contribution in [0.2, 0.25) is 0 Å². The van der Waals surface area contributed by atoms with Gasteiger partial charge in [0.25, 0.3) is 15.9 Å². The Morgan fingerprint density at radius 3 is 2.48 bits per heavy atom. The van der Waals surface area contributed by atoms with Crippen molar-refractivity contribution in [3.8, 4) is 23.4 Å². The van der Waals surface area contributed by atoms with Crippen LogP contribution >= 0.6 is 0 Å². The molecule has 0 bridgehead atoms. The maximum Gasteiger partial charge on any atom is 0.276 e. The molecule has 1 atom stereocenters. The molecule has 1 saturated heterocycles. The van der Waals surface area contributed by atoms with E-state index in [4.69, 9.17) is 14.2 Å². The van der Waals surface area contributed by atoms with Crippen molar-refractivity contribution in [3.05, 3.63) is 71.4 Å². The van der Waals surface area contributed by atoms with Gasteiger partial charge in [-0.2, -0.15) is 9.57 Å². The number of methoxy groups -OCH3 is 2. The van der Waals surface area contributed by atoms with E-state index < -0.39 is 27.4 Å². The van der Waals surface area contributed by atoms with Gasteiger partial charge in [0.15, 0.2) is 5.54 Å². The number of nitriles is 1. The maximum absolute atomic E-state index is 15.1. The highest BCUT2D eigenvalue weighted by Crippen LogP contribution is 2.51. The van der Waals surface area contributed by atoms with Crippen molar-refractivity contribution in [2.75, 3.05) is 38.2 Å². The Kier molecular flexibility index (Phi) is 9.06. The van der Waals surface area contributed by atoms with Crippen molar-refractivity contribution < 1.29 is 32.2 Å². The van der Waals surface area contributed by atoms with Gasteiger partial charge in [-0.3, -0.25) is 9.59 Å². The minimum Gasteiger partial charge on any atom is -0.497 e. The fourth-order valence-corrected chi connectivity index (χ4v) is 9.00. The van der Waals surface area contributed by atoms with Crippen LogP contribution in [0.3, 0.4) is 0 Å². The number of carbonyl (C=O) groups is 2. The second kappa shape index (κ2) is 13.1. The van der Waals surface area contributed by atoms with Crippen molar-refractivity contribution in [3.63, 3.8) is 0 Å². The van der Waals surface area contributed by atoms with Gasteiger partial charge in [-0.05, 0) is 106 Å². The van der Waals surface area contributed by atoms with Crippen LogP contribution in [0.4, 0.5) is 5.69 Å². The number of hydrogen-bond acceptors (Lipinski definition) is 10. The number of aromatic nitrogens is 1. The van der Waals surface area contributed by atoms with Gasteiger partial charge in [-0.15, -0.1) is 0 Å². The van der Waals surface area contributed by atoms with Crippen LogP contribution in [-0.4, -0.2) is 59.1 Å². The lowest BCUT2D eigenvalue weighted by molar-refractivity contribution is -0.133. The molecule has 2 aliphatic heterocycles. The molecule has 12 nitrogen and oxygen atoms in total. The van der Waals surface area contributed by atoms with Crippen molar-refractivity contribution in [1.29, 1.82) is 5.26 Å². The summed E-state index contributed by atoms with van der Waals surface area (Å²) in [4.78, 5) is 33.6. The Morgan fingerprint density at radius 2 is 1.81 bits per heavy atom. The lowest BCUT2D eigenvalue weighted by atomic mass is 9.65. The van der Waals surface area contributed by atoms with E-state index in [0.717, 1.165) is 38.8 Å². The molecule has 3 aromatic rings. The Hall–Kier alpha value is -4.67. The van der Waals surface area contributed by atoms with Gasteiger partial charge in [0.05, 0.1) is 43.7 Å². The second-order valence-electron chi connectivity index (χ2n) is 12.5. The third kappa shape index (κ3) is 5.52. The normalized spacial score (nSPS) is 20.5. The summed E-state index contributed by atoms with van der Waals surface area (Å²) in [7, 11) is -1.91. The molecular weight excluding hydrogens is 634 g/mol. The first-order valence-electron chi connectivity index (χ1n) is 16.1. The van der Waals surface area contributed by atoms with E-state index in [9.17, 15) is 18.5 Å². The van der Waals surface area contributed by atoms with Crippen LogP contribution in [0.5, 0.6) is 17.4 Å². The van der Waals surface area contributed by atoms with Crippen LogP contribution < -0.4 is 29.1 Å². The number of amides is 2. The van der Waals surface area contributed by atoms with E-state index in [1.165, 1.54) is 56.8 Å². The van der Waals surface area contributed by atoms with Crippen LogP contribution in [0.15, 0.2) is 59.6 Å². The third-order valence-corrected chi connectivity index (χ3v) is 11.7.